The SMILES string of the molecule is COc1ccc(C2CCN(C(=O)CSCc3ccc(C)cc3)C2)cc1. The van der Waals surface area contributed by atoms with Crippen molar-refractivity contribution in [1.29, 1.82) is 0 Å². The lowest BCUT2D eigenvalue weighted by Gasteiger charge is -2.17. The second kappa shape index (κ2) is 8.43. The van der Waals surface area contributed by atoms with Gasteiger partial charge in [-0.2, -0.15) is 0 Å². The zero-order valence-corrected chi connectivity index (χ0v) is 15.7. The fourth-order valence-corrected chi connectivity index (χ4v) is 4.05. The zero-order valence-electron chi connectivity index (χ0n) is 14.9. The van der Waals surface area contributed by atoms with Gasteiger partial charge in [-0.25, -0.2) is 0 Å². The number of hydrogen-bond acceptors (Lipinski definition) is 3. The van der Waals surface area contributed by atoms with Crippen LogP contribution in [0.5, 0.6) is 5.75 Å². The van der Waals surface area contributed by atoms with Gasteiger partial charge in [0.2, 0.25) is 5.91 Å². The molecule has 1 unspecified atom stereocenters. The van der Waals surface area contributed by atoms with E-state index >= 15 is 0 Å². The average Bonchev–Trinajstić information content (AvgIpc) is 3.13. The van der Waals surface area contributed by atoms with Gasteiger partial charge in [0.05, 0.1) is 12.9 Å². The summed E-state index contributed by atoms with van der Waals surface area (Å²) in [5.74, 6) is 3.03. The summed E-state index contributed by atoms with van der Waals surface area (Å²) in [5, 5.41) is 0. The van der Waals surface area contributed by atoms with Gasteiger partial charge in [-0.1, -0.05) is 42.0 Å². The predicted molar refractivity (Wildman–Crippen MR) is 104 cm³/mol. The van der Waals surface area contributed by atoms with E-state index in [0.29, 0.717) is 11.7 Å². The van der Waals surface area contributed by atoms with E-state index < -0.39 is 0 Å². The summed E-state index contributed by atoms with van der Waals surface area (Å²) in [7, 11) is 1.68. The molecule has 0 radical (unpaired) electrons. The molecule has 1 heterocycles. The number of ether oxygens (including phenoxy) is 1. The van der Waals surface area contributed by atoms with Crippen molar-refractivity contribution in [2.24, 2.45) is 0 Å². The third kappa shape index (κ3) is 4.79. The number of benzene rings is 2. The van der Waals surface area contributed by atoms with Crippen LogP contribution in [-0.2, 0) is 10.5 Å². The molecule has 1 fully saturated rings. The number of carbonyl (C=O) groups excluding carboxylic acids is 1. The predicted octanol–water partition coefficient (Wildman–Crippen LogP) is 4.25. The van der Waals surface area contributed by atoms with Gasteiger partial charge in [0.15, 0.2) is 0 Å². The first-order valence-corrected chi connectivity index (χ1v) is 9.86. The Labute approximate surface area is 154 Å². The molecule has 0 bridgehead atoms. The zero-order chi connectivity index (χ0) is 17.6. The molecule has 1 saturated heterocycles. The van der Waals surface area contributed by atoms with Crippen molar-refractivity contribution in [3.05, 3.63) is 65.2 Å². The van der Waals surface area contributed by atoms with Crippen molar-refractivity contribution in [2.75, 3.05) is 26.0 Å². The third-order valence-electron chi connectivity index (χ3n) is 4.74. The van der Waals surface area contributed by atoms with Crippen LogP contribution in [0, 0.1) is 6.92 Å². The Morgan fingerprint density at radius 3 is 2.56 bits per heavy atom. The van der Waals surface area contributed by atoms with E-state index in [1.165, 1.54) is 16.7 Å². The molecular weight excluding hydrogens is 330 g/mol. The van der Waals surface area contributed by atoms with Crippen molar-refractivity contribution in [3.63, 3.8) is 0 Å². The summed E-state index contributed by atoms with van der Waals surface area (Å²) in [4.78, 5) is 14.5. The third-order valence-corrected chi connectivity index (χ3v) is 5.73. The van der Waals surface area contributed by atoms with Crippen molar-refractivity contribution in [3.8, 4) is 5.75 Å². The molecule has 3 nitrogen and oxygen atoms in total. The number of hydrogen-bond donors (Lipinski definition) is 0. The monoisotopic (exact) mass is 355 g/mol. The first kappa shape index (κ1) is 17.9. The highest BCUT2D eigenvalue weighted by molar-refractivity contribution is 7.99. The molecule has 132 valence electrons. The number of aryl methyl sites for hydroxylation is 1. The van der Waals surface area contributed by atoms with E-state index in [2.05, 4.69) is 43.3 Å². The average molecular weight is 356 g/mol. The Morgan fingerprint density at radius 1 is 1.16 bits per heavy atom. The first-order valence-electron chi connectivity index (χ1n) is 8.70. The molecule has 1 aliphatic rings. The summed E-state index contributed by atoms with van der Waals surface area (Å²) in [5.41, 5.74) is 3.84. The van der Waals surface area contributed by atoms with Gasteiger partial charge in [-0.15, -0.1) is 11.8 Å². The minimum Gasteiger partial charge on any atom is -0.497 e. The van der Waals surface area contributed by atoms with Crippen LogP contribution >= 0.6 is 11.8 Å². The van der Waals surface area contributed by atoms with Gasteiger partial charge < -0.3 is 9.64 Å². The molecule has 3 rings (SSSR count). The van der Waals surface area contributed by atoms with Crippen molar-refractivity contribution in [1.82, 2.24) is 4.90 Å². The minimum atomic E-state index is 0.258. The van der Waals surface area contributed by atoms with Crippen LogP contribution < -0.4 is 4.74 Å². The van der Waals surface area contributed by atoms with Gasteiger partial charge in [-0.3, -0.25) is 4.79 Å². The topological polar surface area (TPSA) is 29.5 Å². The molecule has 1 amide bonds. The van der Waals surface area contributed by atoms with E-state index in [1.807, 2.05) is 17.0 Å². The molecule has 0 aliphatic carbocycles. The fraction of sp³-hybridized carbons (Fsp3) is 0.381. The van der Waals surface area contributed by atoms with Gasteiger partial charge >= 0.3 is 0 Å². The summed E-state index contributed by atoms with van der Waals surface area (Å²) >= 11 is 1.70. The van der Waals surface area contributed by atoms with Crippen LogP contribution in [0.4, 0.5) is 0 Å². The summed E-state index contributed by atoms with van der Waals surface area (Å²) in [6.45, 7) is 3.78. The summed E-state index contributed by atoms with van der Waals surface area (Å²) in [6, 6.07) is 16.8. The first-order chi connectivity index (χ1) is 12.2. The fourth-order valence-electron chi connectivity index (χ4n) is 3.17. The standard InChI is InChI=1S/C21H25NO2S/c1-16-3-5-17(6-4-16)14-25-15-21(23)22-12-11-19(13-22)18-7-9-20(24-2)10-8-18/h3-10,19H,11-15H2,1-2H3. The normalized spacial score (nSPS) is 16.9. The van der Waals surface area contributed by atoms with Gasteiger partial charge in [0.1, 0.15) is 5.75 Å². The molecule has 0 aromatic heterocycles. The Hall–Kier alpha value is -1.94. The number of methoxy groups -OCH3 is 1. The lowest BCUT2D eigenvalue weighted by atomic mass is 9.98. The Morgan fingerprint density at radius 2 is 1.88 bits per heavy atom. The molecule has 1 aliphatic heterocycles. The smallest absolute Gasteiger partial charge is 0.232 e. The maximum atomic E-state index is 12.5. The second-order valence-electron chi connectivity index (χ2n) is 6.58. The van der Waals surface area contributed by atoms with E-state index in [1.54, 1.807) is 18.9 Å². The van der Waals surface area contributed by atoms with Gasteiger partial charge in [-0.05, 0) is 36.6 Å². The Bertz CT molecular complexity index is 697. The Kier molecular flexibility index (Phi) is 6.03. The molecule has 0 spiro atoms. The number of amides is 1. The lowest BCUT2D eigenvalue weighted by molar-refractivity contribution is -0.127. The molecule has 25 heavy (non-hydrogen) atoms. The van der Waals surface area contributed by atoms with Crippen LogP contribution in [0.15, 0.2) is 48.5 Å². The van der Waals surface area contributed by atoms with Crippen LogP contribution in [0.1, 0.15) is 29.0 Å². The van der Waals surface area contributed by atoms with Crippen LogP contribution in [0.3, 0.4) is 0 Å². The number of likely N-dealkylation sites (tertiary alicyclic amines) is 1. The largest absolute Gasteiger partial charge is 0.497 e. The number of thioether (sulfide) groups is 1. The summed E-state index contributed by atoms with van der Waals surface area (Å²) in [6.07, 6.45) is 1.04. The molecule has 2 aromatic rings. The van der Waals surface area contributed by atoms with Crippen molar-refractivity contribution in [2.45, 2.75) is 25.0 Å². The van der Waals surface area contributed by atoms with E-state index in [4.69, 9.17) is 4.74 Å². The van der Waals surface area contributed by atoms with E-state index in [0.717, 1.165) is 31.0 Å². The highest BCUT2D eigenvalue weighted by Gasteiger charge is 2.27. The quantitative estimate of drug-likeness (QED) is 0.776. The lowest BCUT2D eigenvalue weighted by Crippen LogP contribution is -2.30. The minimum absolute atomic E-state index is 0.258. The number of rotatable bonds is 6. The summed E-state index contributed by atoms with van der Waals surface area (Å²) < 4.78 is 5.21. The van der Waals surface area contributed by atoms with E-state index in [9.17, 15) is 4.79 Å². The maximum Gasteiger partial charge on any atom is 0.232 e. The van der Waals surface area contributed by atoms with Crippen molar-refractivity contribution >= 4 is 17.7 Å². The Balaban J connectivity index is 1.46. The highest BCUT2D eigenvalue weighted by Crippen LogP contribution is 2.29. The maximum absolute atomic E-state index is 12.5. The molecule has 1 atom stereocenters. The molecule has 2 aromatic carbocycles. The van der Waals surface area contributed by atoms with Crippen LogP contribution in [-0.4, -0.2) is 36.8 Å². The number of carbonyl (C=O) groups is 1. The highest BCUT2D eigenvalue weighted by atomic mass is 32.2. The van der Waals surface area contributed by atoms with E-state index in [-0.39, 0.29) is 5.91 Å². The van der Waals surface area contributed by atoms with Gasteiger partial charge in [0.25, 0.3) is 0 Å². The molecule has 0 saturated carbocycles. The second-order valence-corrected chi connectivity index (χ2v) is 7.56. The van der Waals surface area contributed by atoms with Crippen molar-refractivity contribution < 1.29 is 9.53 Å². The molecule has 4 heteroatoms. The molecule has 0 N–H and O–H groups in total. The molecular formula is C21H25NO2S. The van der Waals surface area contributed by atoms with Gasteiger partial charge in [0, 0.05) is 24.8 Å². The number of nitrogens with zero attached hydrogens (tertiary/aromatic N) is 1. The van der Waals surface area contributed by atoms with Crippen LogP contribution in [0.25, 0.3) is 0 Å². The van der Waals surface area contributed by atoms with Crippen LogP contribution in [0.2, 0.25) is 0 Å².